The molecule has 0 N–H and O–H groups in total. The van der Waals surface area contributed by atoms with Crippen molar-refractivity contribution in [1.82, 2.24) is 0 Å². The van der Waals surface area contributed by atoms with Gasteiger partial charge in [-0.3, -0.25) is 0 Å². The molecule has 0 saturated heterocycles. The topological polar surface area (TPSA) is 0 Å². The molecule has 100 valence electrons. The quantitative estimate of drug-likeness (QED) is 0.352. The van der Waals surface area contributed by atoms with Crippen LogP contribution < -0.4 is 0 Å². The van der Waals surface area contributed by atoms with Crippen molar-refractivity contribution >= 4 is 0 Å². The Morgan fingerprint density at radius 2 is 0.765 bits per heavy atom. The number of unbranched alkanes of at least 4 members (excludes halogenated alkanes) is 1. The van der Waals surface area contributed by atoms with Gasteiger partial charge in [-0.1, -0.05) is 77.6 Å². The first-order valence-corrected chi connectivity index (χ1v) is 7.41. The first kappa shape index (κ1) is 23.0. The fourth-order valence-electron chi connectivity index (χ4n) is 1.77. The van der Waals surface area contributed by atoms with Crippen molar-refractivity contribution in [3.05, 3.63) is 13.8 Å². The number of rotatable bonds is 1. The largest absolute Gasteiger partial charge is 4.00 e. The van der Waals surface area contributed by atoms with Crippen LogP contribution in [-0.4, -0.2) is 0 Å². The average Bonchev–Trinajstić information content (AvgIpc) is 3.07. The Hall–Kier alpha value is 0.870. The van der Waals surface area contributed by atoms with Gasteiger partial charge in [0.25, 0.3) is 0 Å². The summed E-state index contributed by atoms with van der Waals surface area (Å²) in [5.74, 6) is 0. The van der Waals surface area contributed by atoms with Gasteiger partial charge in [0.1, 0.15) is 0 Å². The Morgan fingerprint density at radius 3 is 0.824 bits per heavy atom. The third kappa shape index (κ3) is 26.5. The van der Waals surface area contributed by atoms with Crippen LogP contribution in [0.3, 0.4) is 0 Å². The van der Waals surface area contributed by atoms with Crippen LogP contribution in [0.25, 0.3) is 0 Å². The smallest absolute Gasteiger partial charge is 0.346 e. The van der Waals surface area contributed by atoms with Gasteiger partial charge in [-0.05, 0) is 0 Å². The van der Waals surface area contributed by atoms with E-state index in [-0.39, 0.29) is 25.8 Å². The van der Waals surface area contributed by atoms with Crippen LogP contribution in [0, 0.1) is 13.8 Å². The summed E-state index contributed by atoms with van der Waals surface area (Å²) in [4.78, 5) is 0. The summed E-state index contributed by atoms with van der Waals surface area (Å²) in [7, 11) is 0. The predicted octanol–water partition coefficient (Wildman–Crippen LogP) is 6.36. The zero-order valence-corrected chi connectivity index (χ0v) is 16.0. The summed E-state index contributed by atoms with van der Waals surface area (Å²) < 4.78 is 0. The molecule has 1 heteroatoms. The summed E-state index contributed by atoms with van der Waals surface area (Å²) >= 11 is 0. The van der Waals surface area contributed by atoms with Gasteiger partial charge in [0.05, 0.1) is 0 Å². The number of hydrogen-bond acceptors (Lipinski definition) is 0. The second-order valence-electron chi connectivity index (χ2n) is 4.39. The normalized spacial score (nSPS) is 16.2. The molecule has 0 radical (unpaired) electrons. The van der Waals surface area contributed by atoms with Crippen LogP contribution in [-0.2, 0) is 25.8 Å². The van der Waals surface area contributed by atoms with Crippen molar-refractivity contribution in [2.75, 3.05) is 0 Å². The third-order valence-corrected chi connectivity index (χ3v) is 2.85. The molecule has 0 aromatic carbocycles. The summed E-state index contributed by atoms with van der Waals surface area (Å²) in [6.45, 7) is 10.7. The summed E-state index contributed by atoms with van der Waals surface area (Å²) in [6.07, 6.45) is 17.3. The molecule has 2 aliphatic carbocycles. The molecule has 0 spiro atoms. The van der Waals surface area contributed by atoms with Crippen LogP contribution >= 0.6 is 0 Å². The maximum Gasteiger partial charge on any atom is 4.00 e. The van der Waals surface area contributed by atoms with Gasteiger partial charge in [0.15, 0.2) is 0 Å². The molecule has 2 saturated carbocycles. The molecule has 0 aromatic rings. The maximum absolute atomic E-state index is 3.60. The summed E-state index contributed by atoms with van der Waals surface area (Å²) in [5, 5.41) is 0. The second-order valence-corrected chi connectivity index (χ2v) is 4.39. The Morgan fingerprint density at radius 1 is 0.647 bits per heavy atom. The molecule has 0 heterocycles. The van der Waals surface area contributed by atoms with Crippen LogP contribution in [0.5, 0.6) is 0 Å². The molecule has 2 aliphatic rings. The molecule has 17 heavy (non-hydrogen) atoms. The van der Waals surface area contributed by atoms with E-state index in [4.69, 9.17) is 0 Å². The van der Waals surface area contributed by atoms with Gasteiger partial charge in [-0.25, -0.2) is 0 Å². The molecule has 0 bridgehead atoms. The van der Waals surface area contributed by atoms with E-state index in [1.54, 1.807) is 6.92 Å². The summed E-state index contributed by atoms with van der Waals surface area (Å²) in [5.41, 5.74) is 0. The van der Waals surface area contributed by atoms with E-state index in [0.717, 1.165) is 6.42 Å². The third-order valence-electron chi connectivity index (χ3n) is 2.85. The van der Waals surface area contributed by atoms with Crippen molar-refractivity contribution in [2.45, 2.75) is 90.9 Å². The maximum atomic E-state index is 3.60. The van der Waals surface area contributed by atoms with E-state index in [9.17, 15) is 0 Å². The van der Waals surface area contributed by atoms with Gasteiger partial charge in [-0.15, -0.1) is 0 Å². The Balaban J connectivity index is -0.000000158. The van der Waals surface area contributed by atoms with E-state index < -0.39 is 0 Å². The Bertz CT molecular complexity index is 56.3. The van der Waals surface area contributed by atoms with E-state index in [1.165, 1.54) is 70.6 Å². The second kappa shape index (κ2) is 25.7. The molecule has 0 aromatic heterocycles. The monoisotopic (exact) mass is 406 g/mol. The first-order chi connectivity index (χ1) is 7.91. The minimum absolute atomic E-state index is 0. The zero-order valence-electron chi connectivity index (χ0n) is 12.4. The van der Waals surface area contributed by atoms with Crippen molar-refractivity contribution < 1.29 is 25.8 Å². The van der Waals surface area contributed by atoms with Crippen molar-refractivity contribution in [3.63, 3.8) is 0 Å². The molecule has 2 fully saturated rings. The molecule has 0 amide bonds. The molecule has 2 rings (SSSR count). The summed E-state index contributed by atoms with van der Waals surface area (Å²) in [6, 6.07) is 0. The molecular formula is C16H34Hf+2. The van der Waals surface area contributed by atoms with Gasteiger partial charge < -0.3 is 13.8 Å². The molecule has 0 atom stereocenters. The Labute approximate surface area is 130 Å². The minimum Gasteiger partial charge on any atom is -0.346 e. The fraction of sp³-hybridized carbons (Fsp3) is 0.875. The van der Waals surface area contributed by atoms with Crippen LogP contribution in [0.4, 0.5) is 0 Å². The Kier molecular flexibility index (Phi) is 34.7. The van der Waals surface area contributed by atoms with Gasteiger partial charge in [-0.2, -0.15) is 13.3 Å². The van der Waals surface area contributed by atoms with Crippen molar-refractivity contribution in [1.29, 1.82) is 0 Å². The standard InChI is InChI=1S/2C5H10.C4H9.C2H5.Hf/c2*1-2-4-5-3-1;1-3-4-2;1-2;/h2*1-5H2;1,3-4H2,2H3;1H2,2H3;/q;;2*-1;+4. The van der Waals surface area contributed by atoms with Crippen LogP contribution in [0.1, 0.15) is 90.9 Å². The zero-order chi connectivity index (χ0) is 12.5. The minimum atomic E-state index is 0. The predicted molar refractivity (Wildman–Crippen MR) is 77.5 cm³/mol. The van der Waals surface area contributed by atoms with Crippen LogP contribution in [0.2, 0.25) is 0 Å². The van der Waals surface area contributed by atoms with Gasteiger partial charge in [0.2, 0.25) is 0 Å². The van der Waals surface area contributed by atoms with E-state index in [2.05, 4.69) is 20.8 Å². The van der Waals surface area contributed by atoms with Crippen molar-refractivity contribution in [2.24, 2.45) is 0 Å². The van der Waals surface area contributed by atoms with E-state index >= 15 is 0 Å². The first-order valence-electron chi connectivity index (χ1n) is 7.41. The number of hydrogen-bond donors (Lipinski definition) is 0. The van der Waals surface area contributed by atoms with Crippen LogP contribution in [0.15, 0.2) is 0 Å². The van der Waals surface area contributed by atoms with E-state index in [0.29, 0.717) is 0 Å². The molecule has 0 aliphatic heterocycles. The average molecular weight is 405 g/mol. The van der Waals surface area contributed by atoms with Gasteiger partial charge in [0, 0.05) is 0 Å². The SMILES string of the molecule is C1CCCC1.C1CCCC1.[CH2-]C.[CH2-]CCC.[Hf+4]. The molecule has 0 unspecified atom stereocenters. The van der Waals surface area contributed by atoms with E-state index in [1.807, 2.05) is 0 Å². The molecular weight excluding hydrogens is 371 g/mol. The molecule has 0 nitrogen and oxygen atoms in total. The van der Waals surface area contributed by atoms with Gasteiger partial charge >= 0.3 is 25.8 Å². The van der Waals surface area contributed by atoms with Crippen molar-refractivity contribution in [3.8, 4) is 0 Å². The fourth-order valence-corrected chi connectivity index (χ4v) is 1.77.